The molecule has 0 saturated carbocycles. The Morgan fingerprint density at radius 3 is 2.45 bits per heavy atom. The molecule has 1 heterocycles. The highest BCUT2D eigenvalue weighted by Gasteiger charge is 2.16. The number of rotatable bonds is 9. The normalized spacial score (nSPS) is 11.2. The molecule has 0 radical (unpaired) electrons. The summed E-state index contributed by atoms with van der Waals surface area (Å²) in [6.45, 7) is 0. The molecular formula is C20H21N3O4S2. The maximum Gasteiger partial charge on any atom is 0.227 e. The van der Waals surface area contributed by atoms with Crippen LogP contribution in [0.4, 0.5) is 5.13 Å². The number of nitrogens with one attached hydrogen (secondary N) is 1. The Bertz CT molecular complexity index is 1050. The van der Waals surface area contributed by atoms with Crippen molar-refractivity contribution in [3.05, 3.63) is 70.7 Å². The van der Waals surface area contributed by atoms with Crippen molar-refractivity contribution < 1.29 is 17.9 Å². The molecule has 1 amide bonds. The van der Waals surface area contributed by atoms with E-state index in [0.29, 0.717) is 17.1 Å². The Morgan fingerprint density at radius 2 is 1.76 bits per heavy atom. The van der Waals surface area contributed by atoms with Gasteiger partial charge in [0.25, 0.3) is 0 Å². The van der Waals surface area contributed by atoms with Gasteiger partial charge in [-0.15, -0.1) is 10.2 Å². The third-order valence-corrected chi connectivity index (χ3v) is 6.54. The summed E-state index contributed by atoms with van der Waals surface area (Å²) in [7, 11) is -1.75. The lowest BCUT2D eigenvalue weighted by Crippen LogP contribution is -2.18. The molecule has 0 bridgehead atoms. The van der Waals surface area contributed by atoms with Crippen molar-refractivity contribution in [1.82, 2.24) is 10.2 Å². The standard InChI is InChI=1S/C20H21N3O4S2/c1-27-17-9-7-15(8-10-17)13-19-22-23-20(28-19)21-18(24)11-12-29(25,26)14-16-5-3-2-4-6-16/h2-10H,11-14H2,1H3,(H,21,23,24). The molecule has 0 atom stereocenters. The maximum atomic E-state index is 12.2. The van der Waals surface area contributed by atoms with Crippen molar-refractivity contribution >= 4 is 32.2 Å². The molecule has 152 valence electrons. The zero-order chi connectivity index (χ0) is 20.7. The lowest BCUT2D eigenvalue weighted by molar-refractivity contribution is -0.115. The molecule has 1 aromatic heterocycles. The summed E-state index contributed by atoms with van der Waals surface area (Å²) in [5, 5.41) is 11.8. The fraction of sp³-hybridized carbons (Fsp3) is 0.250. The van der Waals surface area contributed by atoms with Gasteiger partial charge in [0.05, 0.1) is 18.6 Å². The van der Waals surface area contributed by atoms with Crippen LogP contribution in [0.25, 0.3) is 0 Å². The van der Waals surface area contributed by atoms with Gasteiger partial charge < -0.3 is 10.1 Å². The summed E-state index contributed by atoms with van der Waals surface area (Å²) >= 11 is 1.27. The highest BCUT2D eigenvalue weighted by atomic mass is 32.2. The average molecular weight is 432 g/mol. The second-order valence-electron chi connectivity index (χ2n) is 6.40. The Labute approximate surface area is 173 Å². The Kier molecular flexibility index (Phi) is 6.95. The predicted octanol–water partition coefficient (Wildman–Crippen LogP) is 3.08. The fourth-order valence-electron chi connectivity index (χ4n) is 2.62. The molecule has 0 unspecified atom stereocenters. The molecule has 29 heavy (non-hydrogen) atoms. The first-order valence-corrected chi connectivity index (χ1v) is 11.6. The second-order valence-corrected chi connectivity index (χ2v) is 9.65. The Morgan fingerprint density at radius 1 is 1.03 bits per heavy atom. The highest BCUT2D eigenvalue weighted by molar-refractivity contribution is 7.90. The quantitative estimate of drug-likeness (QED) is 0.559. The van der Waals surface area contributed by atoms with E-state index in [1.165, 1.54) is 11.3 Å². The predicted molar refractivity (Wildman–Crippen MR) is 113 cm³/mol. The molecule has 0 saturated heterocycles. The number of sulfone groups is 1. The number of methoxy groups -OCH3 is 1. The van der Waals surface area contributed by atoms with Crippen LogP contribution in [0, 0.1) is 0 Å². The van der Waals surface area contributed by atoms with Crippen LogP contribution in [0.3, 0.4) is 0 Å². The van der Waals surface area contributed by atoms with Crippen LogP contribution >= 0.6 is 11.3 Å². The molecule has 1 N–H and O–H groups in total. The number of nitrogens with zero attached hydrogens (tertiary/aromatic N) is 2. The van der Waals surface area contributed by atoms with Crippen LogP contribution < -0.4 is 10.1 Å². The summed E-state index contributed by atoms with van der Waals surface area (Å²) in [4.78, 5) is 12.1. The van der Waals surface area contributed by atoms with Crippen LogP contribution in [0.1, 0.15) is 22.6 Å². The zero-order valence-corrected chi connectivity index (χ0v) is 17.5. The van der Waals surface area contributed by atoms with Gasteiger partial charge >= 0.3 is 0 Å². The third-order valence-electron chi connectivity index (χ3n) is 4.10. The number of anilines is 1. The average Bonchev–Trinajstić information content (AvgIpc) is 3.14. The molecule has 2 aromatic carbocycles. The smallest absolute Gasteiger partial charge is 0.227 e. The first kappa shape index (κ1) is 20.9. The van der Waals surface area contributed by atoms with Crippen LogP contribution in [-0.4, -0.2) is 37.4 Å². The monoisotopic (exact) mass is 431 g/mol. The molecule has 3 aromatic rings. The lowest BCUT2D eigenvalue weighted by Gasteiger charge is -2.04. The van der Waals surface area contributed by atoms with E-state index < -0.39 is 15.7 Å². The molecule has 0 fully saturated rings. The zero-order valence-electron chi connectivity index (χ0n) is 15.9. The number of ether oxygens (including phenoxy) is 1. The summed E-state index contributed by atoms with van der Waals surface area (Å²) < 4.78 is 29.5. The number of carbonyl (C=O) groups is 1. The van der Waals surface area contributed by atoms with Gasteiger partial charge in [-0.25, -0.2) is 8.42 Å². The van der Waals surface area contributed by atoms with Gasteiger partial charge in [-0.1, -0.05) is 53.8 Å². The second kappa shape index (κ2) is 9.62. The Balaban J connectivity index is 1.49. The maximum absolute atomic E-state index is 12.2. The molecule has 3 rings (SSSR count). The molecule has 7 nitrogen and oxygen atoms in total. The molecular weight excluding hydrogens is 410 g/mol. The lowest BCUT2D eigenvalue weighted by atomic mass is 10.1. The van der Waals surface area contributed by atoms with E-state index in [-0.39, 0.29) is 17.9 Å². The molecule has 0 aliphatic heterocycles. The van der Waals surface area contributed by atoms with E-state index >= 15 is 0 Å². The molecule has 9 heteroatoms. The first-order chi connectivity index (χ1) is 13.9. The minimum Gasteiger partial charge on any atom is -0.497 e. The number of aromatic nitrogens is 2. The van der Waals surface area contributed by atoms with Gasteiger partial charge in [0.15, 0.2) is 9.84 Å². The number of benzene rings is 2. The van der Waals surface area contributed by atoms with Gasteiger partial charge in [0, 0.05) is 12.8 Å². The van der Waals surface area contributed by atoms with Crippen molar-refractivity contribution in [2.75, 3.05) is 18.2 Å². The SMILES string of the molecule is COc1ccc(Cc2nnc(NC(=O)CCS(=O)(=O)Cc3ccccc3)s2)cc1. The van der Waals surface area contributed by atoms with E-state index in [1.807, 2.05) is 30.3 Å². The van der Waals surface area contributed by atoms with E-state index in [9.17, 15) is 13.2 Å². The van der Waals surface area contributed by atoms with Crippen LogP contribution in [-0.2, 0) is 26.8 Å². The first-order valence-electron chi connectivity index (χ1n) is 8.93. The van der Waals surface area contributed by atoms with Crippen molar-refractivity contribution in [3.8, 4) is 5.75 Å². The third kappa shape index (κ3) is 6.65. The minimum absolute atomic E-state index is 0.0774. The fourth-order valence-corrected chi connectivity index (χ4v) is 4.76. The molecule has 0 spiro atoms. The van der Waals surface area contributed by atoms with Gasteiger partial charge in [-0.3, -0.25) is 4.79 Å². The van der Waals surface area contributed by atoms with E-state index in [1.54, 1.807) is 31.4 Å². The van der Waals surface area contributed by atoms with Crippen LogP contribution in [0.2, 0.25) is 0 Å². The topological polar surface area (TPSA) is 98.2 Å². The summed E-state index contributed by atoms with van der Waals surface area (Å²) in [6.07, 6.45) is 0.464. The summed E-state index contributed by atoms with van der Waals surface area (Å²) in [6, 6.07) is 16.5. The van der Waals surface area contributed by atoms with Gasteiger partial charge in [-0.2, -0.15) is 0 Å². The van der Waals surface area contributed by atoms with Gasteiger partial charge in [-0.05, 0) is 23.3 Å². The van der Waals surface area contributed by atoms with E-state index in [0.717, 1.165) is 16.3 Å². The largest absolute Gasteiger partial charge is 0.497 e. The van der Waals surface area contributed by atoms with Crippen LogP contribution in [0.5, 0.6) is 5.75 Å². The highest BCUT2D eigenvalue weighted by Crippen LogP contribution is 2.20. The number of hydrogen-bond donors (Lipinski definition) is 1. The van der Waals surface area contributed by atoms with Crippen molar-refractivity contribution in [2.45, 2.75) is 18.6 Å². The van der Waals surface area contributed by atoms with Gasteiger partial charge in [0.2, 0.25) is 11.0 Å². The van der Waals surface area contributed by atoms with Crippen molar-refractivity contribution in [1.29, 1.82) is 0 Å². The molecule has 0 aliphatic rings. The summed E-state index contributed by atoms with van der Waals surface area (Å²) in [5.41, 5.74) is 1.76. The number of carbonyl (C=O) groups excluding carboxylic acids is 1. The Hall–Kier alpha value is -2.78. The van der Waals surface area contributed by atoms with E-state index in [4.69, 9.17) is 4.74 Å². The summed E-state index contributed by atoms with van der Waals surface area (Å²) in [5.74, 6) is 0.0898. The van der Waals surface area contributed by atoms with Crippen molar-refractivity contribution in [3.63, 3.8) is 0 Å². The van der Waals surface area contributed by atoms with Gasteiger partial charge in [0.1, 0.15) is 10.8 Å². The van der Waals surface area contributed by atoms with Crippen LogP contribution in [0.15, 0.2) is 54.6 Å². The number of hydrogen-bond acceptors (Lipinski definition) is 7. The number of amides is 1. The molecule has 0 aliphatic carbocycles. The minimum atomic E-state index is -3.37. The van der Waals surface area contributed by atoms with E-state index in [2.05, 4.69) is 15.5 Å². The van der Waals surface area contributed by atoms with Crippen molar-refractivity contribution in [2.24, 2.45) is 0 Å².